The van der Waals surface area contributed by atoms with Gasteiger partial charge in [-0.2, -0.15) is 0 Å². The van der Waals surface area contributed by atoms with Crippen molar-refractivity contribution in [3.05, 3.63) is 129 Å². The highest BCUT2D eigenvalue weighted by Gasteiger charge is 2.73. The Bertz CT molecular complexity index is 1770. The summed E-state index contributed by atoms with van der Waals surface area (Å²) in [4.78, 5) is 0. The van der Waals surface area contributed by atoms with Gasteiger partial charge in [-0.3, -0.25) is 0 Å². The molecule has 0 saturated heterocycles. The molecule has 6 rings (SSSR count). The van der Waals surface area contributed by atoms with Crippen LogP contribution >= 0.6 is 0 Å². The maximum Gasteiger partial charge on any atom is 0.755 e. The summed E-state index contributed by atoms with van der Waals surface area (Å²) < 4.78 is 176. The van der Waals surface area contributed by atoms with Crippen LogP contribution in [-0.2, 0) is 13.9 Å². The fourth-order valence-corrected chi connectivity index (χ4v) is 4.90. The van der Waals surface area contributed by atoms with Crippen LogP contribution in [0, 0.1) is 72.0 Å². The van der Waals surface area contributed by atoms with Gasteiger partial charge >= 0.3 is 25.4 Å². The van der Waals surface area contributed by atoms with Gasteiger partial charge < -0.3 is 22.6 Å². The van der Waals surface area contributed by atoms with Gasteiger partial charge in [-0.1, -0.05) is 35.4 Å². The molecule has 45 heavy (non-hydrogen) atoms. The second-order valence-electron chi connectivity index (χ2n) is 10.2. The summed E-state index contributed by atoms with van der Waals surface area (Å²) in [6.45, 7) is -6.21. The normalized spacial score (nSPS) is 20.7. The zero-order chi connectivity index (χ0) is 32.6. The lowest BCUT2D eigenvalue weighted by Gasteiger charge is -2.43. The second-order valence-corrected chi connectivity index (χ2v) is 10.2. The quantitative estimate of drug-likeness (QED) is 0.0971. The third-order valence-electron chi connectivity index (χ3n) is 7.18. The highest BCUT2D eigenvalue weighted by atomic mass is 19.2. The van der Waals surface area contributed by atoms with Gasteiger partial charge in [0, 0.05) is 0 Å². The minimum Gasteiger partial charge on any atom is -0.558 e. The first-order valence-corrected chi connectivity index (χ1v) is 12.8. The maximum absolute atomic E-state index is 15.4. The molecule has 4 aromatic rings. The molecule has 0 unspecified atom stereocenters. The Hall–Kier alpha value is -4.79. The summed E-state index contributed by atoms with van der Waals surface area (Å²) in [6.07, 6.45) is 0. The van der Waals surface area contributed by atoms with Crippen molar-refractivity contribution in [3.63, 3.8) is 0 Å². The fraction of sp³-hybridized carbons (Fsp3) is 0.0714. The Kier molecular flexibility index (Phi) is 6.99. The van der Waals surface area contributed by atoms with Crippen LogP contribution in [0.2, 0.25) is 0 Å². The van der Waals surface area contributed by atoms with Crippen LogP contribution in [0.4, 0.5) is 43.9 Å². The van der Waals surface area contributed by atoms with E-state index in [-0.39, 0.29) is 11.1 Å². The molecule has 5 nitrogen and oxygen atoms in total. The van der Waals surface area contributed by atoms with E-state index in [0.717, 1.165) is 0 Å². The van der Waals surface area contributed by atoms with Crippen molar-refractivity contribution in [1.82, 2.24) is 0 Å². The minimum atomic E-state index is -4.73. The van der Waals surface area contributed by atoms with Gasteiger partial charge in [0.1, 0.15) is 34.4 Å². The first-order chi connectivity index (χ1) is 21.2. The SMILES string of the molecule is Cc1ccc(C2=[O+][B@@-]3(c4c(F)c(F)c(F)c(F)c4F)OC(c4ccc(C)cc4)=[O+][B@@-](c4c(F)c(F)c(F)c(F)c4F)(O2)O3)cc1. The summed E-state index contributed by atoms with van der Waals surface area (Å²) in [5.41, 5.74) is -3.09. The van der Waals surface area contributed by atoms with E-state index in [1.165, 1.54) is 48.5 Å². The number of aryl methyl sites for hydroxylation is 2. The van der Waals surface area contributed by atoms with Crippen molar-refractivity contribution < 1.29 is 66.5 Å². The molecule has 17 heteroatoms. The predicted molar refractivity (Wildman–Crippen MR) is 138 cm³/mol. The van der Waals surface area contributed by atoms with Crippen LogP contribution in [0.3, 0.4) is 0 Å². The summed E-state index contributed by atoms with van der Waals surface area (Å²) >= 11 is 0. The fourth-order valence-electron chi connectivity index (χ4n) is 4.90. The van der Waals surface area contributed by atoms with Crippen molar-refractivity contribution in [1.29, 1.82) is 0 Å². The van der Waals surface area contributed by atoms with Gasteiger partial charge in [-0.05, 0) is 38.1 Å². The first-order valence-electron chi connectivity index (χ1n) is 12.8. The highest BCUT2D eigenvalue weighted by Crippen LogP contribution is 2.36. The van der Waals surface area contributed by atoms with E-state index in [0.29, 0.717) is 11.1 Å². The third-order valence-corrected chi connectivity index (χ3v) is 7.18. The van der Waals surface area contributed by atoms with Gasteiger partial charge in [0.25, 0.3) is 0 Å². The Morgan fingerprint density at radius 1 is 0.422 bits per heavy atom. The zero-order valence-corrected chi connectivity index (χ0v) is 22.6. The topological polar surface area (TPSA) is 50.3 Å². The summed E-state index contributed by atoms with van der Waals surface area (Å²) in [5.74, 6) is -27.5. The highest BCUT2D eigenvalue weighted by molar-refractivity contribution is 6.90. The molecule has 2 bridgehead atoms. The number of fused-ring (bicyclic) bond motifs is 2. The molecule has 0 radical (unpaired) electrons. The number of hydrogen-bond donors (Lipinski definition) is 0. The number of rotatable bonds is 4. The van der Waals surface area contributed by atoms with Gasteiger partial charge in [0.2, 0.25) is 0 Å². The molecular weight excluding hydrogens is 628 g/mol. The van der Waals surface area contributed by atoms with Crippen LogP contribution in [-0.4, -0.2) is 25.4 Å². The van der Waals surface area contributed by atoms with E-state index < -0.39 is 94.5 Å². The average Bonchev–Trinajstić information content (AvgIpc) is 3.01. The molecule has 2 atom stereocenters. The van der Waals surface area contributed by atoms with Crippen molar-refractivity contribution in [2.24, 2.45) is 0 Å². The smallest absolute Gasteiger partial charge is 0.558 e. The van der Waals surface area contributed by atoms with Crippen LogP contribution < -0.4 is 10.9 Å². The van der Waals surface area contributed by atoms with E-state index in [2.05, 4.69) is 0 Å². The van der Waals surface area contributed by atoms with Crippen molar-refractivity contribution in [3.8, 4) is 0 Å². The summed E-state index contributed by atoms with van der Waals surface area (Å²) in [6, 6.07) is 10.6. The largest absolute Gasteiger partial charge is 0.755 e. The molecular formula is C28H14B2F10O5. The Morgan fingerprint density at radius 2 is 0.689 bits per heavy atom. The molecule has 2 aliphatic rings. The van der Waals surface area contributed by atoms with Crippen LogP contribution in [0.25, 0.3) is 0 Å². The molecule has 2 aliphatic heterocycles. The van der Waals surface area contributed by atoms with Gasteiger partial charge in [0.05, 0.1) is 10.9 Å². The lowest BCUT2D eigenvalue weighted by Crippen LogP contribution is -2.75. The van der Waals surface area contributed by atoms with Gasteiger partial charge in [-0.25, -0.2) is 43.9 Å². The molecule has 0 spiro atoms. The Labute approximate surface area is 246 Å². The third kappa shape index (κ3) is 4.55. The van der Waals surface area contributed by atoms with Crippen molar-refractivity contribution in [2.75, 3.05) is 0 Å². The maximum atomic E-state index is 15.4. The molecule has 0 fully saturated rings. The molecule has 2 heterocycles. The second kappa shape index (κ2) is 10.4. The lowest BCUT2D eigenvalue weighted by atomic mass is 9.58. The monoisotopic (exact) mass is 642 g/mol. The number of carbonyl (C=O) groups excluding carboxylic acids is 2. The Balaban J connectivity index is 1.76. The van der Waals surface area contributed by atoms with E-state index in [1.54, 1.807) is 13.8 Å². The van der Waals surface area contributed by atoms with Crippen LogP contribution in [0.5, 0.6) is 0 Å². The summed E-state index contributed by atoms with van der Waals surface area (Å²) in [5, 5.41) is 0. The van der Waals surface area contributed by atoms with E-state index in [9.17, 15) is 26.3 Å². The summed E-state index contributed by atoms with van der Waals surface area (Å²) in [7, 11) is 0. The van der Waals surface area contributed by atoms with Crippen LogP contribution in [0.15, 0.2) is 48.5 Å². The molecule has 4 aromatic carbocycles. The average molecular weight is 642 g/mol. The number of benzene rings is 4. The molecule has 0 saturated carbocycles. The number of halogens is 10. The number of hydrogen-bond acceptors (Lipinski definition) is 3. The van der Waals surface area contributed by atoms with Crippen LogP contribution in [0.1, 0.15) is 30.9 Å². The predicted octanol–water partition coefficient (Wildman–Crippen LogP) is 5.52. The molecule has 0 N–H and O–H groups in total. The van der Waals surface area contributed by atoms with Crippen molar-refractivity contribution >= 4 is 36.4 Å². The van der Waals surface area contributed by atoms with E-state index in [1.807, 2.05) is 0 Å². The first kappa shape index (κ1) is 30.2. The standard InChI is InChI=1S/C28H14B2F10O5/c1-11-3-7-13(8-4-11)27-41-29(15-17(31)21(35)25(39)22(36)18(15)32)43-28(14-9-5-12(2)6-10-14)44-30(42-27,45-29)16-19(33)23(37)26(40)24(38)20(16)34/h3-10H,1-2H3/t29-,30+. The van der Waals surface area contributed by atoms with E-state index in [4.69, 9.17) is 22.6 Å². The molecule has 232 valence electrons. The molecule has 0 amide bonds. The molecule has 0 aliphatic carbocycles. The lowest BCUT2D eigenvalue weighted by molar-refractivity contribution is -0.264. The van der Waals surface area contributed by atoms with Gasteiger partial charge in [0.15, 0.2) is 34.9 Å². The van der Waals surface area contributed by atoms with E-state index >= 15 is 17.6 Å². The zero-order valence-electron chi connectivity index (χ0n) is 22.6. The molecule has 0 aromatic heterocycles. The Morgan fingerprint density at radius 3 is 0.978 bits per heavy atom. The van der Waals surface area contributed by atoms with Gasteiger partial charge in [-0.15, -0.1) is 0 Å². The van der Waals surface area contributed by atoms with Crippen molar-refractivity contribution in [2.45, 2.75) is 13.8 Å². The minimum absolute atomic E-state index is 0.222.